The van der Waals surface area contributed by atoms with E-state index in [1.165, 1.54) is 0 Å². The summed E-state index contributed by atoms with van der Waals surface area (Å²) in [7, 11) is 0. The van der Waals surface area contributed by atoms with Gasteiger partial charge < -0.3 is 10.6 Å². The molecule has 0 saturated carbocycles. The van der Waals surface area contributed by atoms with E-state index in [0.717, 1.165) is 5.56 Å². The summed E-state index contributed by atoms with van der Waals surface area (Å²) in [5.74, 6) is 0.314. The van der Waals surface area contributed by atoms with Gasteiger partial charge in [-0.15, -0.1) is 0 Å². The van der Waals surface area contributed by atoms with Gasteiger partial charge >= 0.3 is 0 Å². The maximum Gasteiger partial charge on any atom is 0.224 e. The van der Waals surface area contributed by atoms with Crippen molar-refractivity contribution in [3.8, 4) is 0 Å². The van der Waals surface area contributed by atoms with Gasteiger partial charge in [0.25, 0.3) is 0 Å². The van der Waals surface area contributed by atoms with Crippen molar-refractivity contribution in [2.75, 3.05) is 10.6 Å². The SMILES string of the molecule is Cc1ccc(NC(=O)CC(C)C)cc1NC=O. The zero-order valence-electron chi connectivity index (χ0n) is 10.4. The number of hydrogen-bond donors (Lipinski definition) is 2. The molecule has 0 atom stereocenters. The van der Waals surface area contributed by atoms with E-state index in [0.29, 0.717) is 30.1 Å². The third-order valence-corrected chi connectivity index (χ3v) is 2.33. The number of aryl methyl sites for hydroxylation is 1. The average molecular weight is 234 g/mol. The van der Waals surface area contributed by atoms with Crippen molar-refractivity contribution in [2.24, 2.45) is 5.92 Å². The van der Waals surface area contributed by atoms with Crippen molar-refractivity contribution in [3.05, 3.63) is 23.8 Å². The van der Waals surface area contributed by atoms with Gasteiger partial charge in [0, 0.05) is 17.8 Å². The quantitative estimate of drug-likeness (QED) is 0.769. The zero-order chi connectivity index (χ0) is 12.8. The first-order valence-electron chi connectivity index (χ1n) is 5.63. The number of benzene rings is 1. The highest BCUT2D eigenvalue weighted by molar-refractivity contribution is 5.92. The maximum absolute atomic E-state index is 11.6. The van der Waals surface area contributed by atoms with Gasteiger partial charge in [-0.3, -0.25) is 9.59 Å². The van der Waals surface area contributed by atoms with Gasteiger partial charge in [-0.05, 0) is 30.5 Å². The van der Waals surface area contributed by atoms with Crippen LogP contribution in [0.4, 0.5) is 11.4 Å². The fraction of sp³-hybridized carbons (Fsp3) is 0.385. The largest absolute Gasteiger partial charge is 0.328 e. The standard InChI is InChI=1S/C13H18N2O2/c1-9(2)6-13(17)15-11-5-4-10(3)12(7-11)14-8-16/h4-5,7-9H,6H2,1-3H3,(H,14,16)(H,15,17). The van der Waals surface area contributed by atoms with Crippen molar-refractivity contribution in [3.63, 3.8) is 0 Å². The van der Waals surface area contributed by atoms with Gasteiger partial charge in [0.15, 0.2) is 0 Å². The lowest BCUT2D eigenvalue weighted by molar-refractivity contribution is -0.116. The first kappa shape index (κ1) is 13.2. The molecule has 0 unspecified atom stereocenters. The van der Waals surface area contributed by atoms with Crippen LogP contribution >= 0.6 is 0 Å². The molecule has 0 fully saturated rings. The third-order valence-electron chi connectivity index (χ3n) is 2.33. The summed E-state index contributed by atoms with van der Waals surface area (Å²) in [6, 6.07) is 5.43. The number of rotatable bonds is 5. The predicted molar refractivity (Wildman–Crippen MR) is 69.0 cm³/mol. The van der Waals surface area contributed by atoms with E-state index in [2.05, 4.69) is 10.6 Å². The minimum atomic E-state index is -0.0130. The van der Waals surface area contributed by atoms with Crippen molar-refractivity contribution >= 4 is 23.7 Å². The molecule has 0 aliphatic carbocycles. The van der Waals surface area contributed by atoms with Crippen molar-refractivity contribution < 1.29 is 9.59 Å². The Morgan fingerprint density at radius 2 is 2.12 bits per heavy atom. The summed E-state index contributed by atoms with van der Waals surface area (Å²) in [4.78, 5) is 22.0. The van der Waals surface area contributed by atoms with Crippen LogP contribution in [-0.2, 0) is 9.59 Å². The van der Waals surface area contributed by atoms with Crippen molar-refractivity contribution in [2.45, 2.75) is 27.2 Å². The lowest BCUT2D eigenvalue weighted by Gasteiger charge is -2.10. The van der Waals surface area contributed by atoms with Crippen molar-refractivity contribution in [1.29, 1.82) is 0 Å². The van der Waals surface area contributed by atoms with E-state index in [1.807, 2.05) is 32.9 Å². The topological polar surface area (TPSA) is 58.2 Å². The van der Waals surface area contributed by atoms with Crippen LogP contribution < -0.4 is 10.6 Å². The summed E-state index contributed by atoms with van der Waals surface area (Å²) in [6.07, 6.45) is 1.12. The Hall–Kier alpha value is -1.84. The molecule has 4 nitrogen and oxygen atoms in total. The highest BCUT2D eigenvalue weighted by Gasteiger charge is 2.06. The zero-order valence-corrected chi connectivity index (χ0v) is 10.4. The third kappa shape index (κ3) is 4.26. The number of anilines is 2. The molecule has 1 aromatic carbocycles. The monoisotopic (exact) mass is 234 g/mol. The summed E-state index contributed by atoms with van der Waals surface area (Å²) in [6.45, 7) is 5.88. The molecule has 2 amide bonds. The fourth-order valence-electron chi connectivity index (χ4n) is 1.50. The molecule has 92 valence electrons. The Morgan fingerprint density at radius 1 is 1.41 bits per heavy atom. The number of carbonyl (C=O) groups is 2. The molecule has 0 saturated heterocycles. The summed E-state index contributed by atoms with van der Waals surface area (Å²) in [5.41, 5.74) is 2.37. The van der Waals surface area contributed by atoms with Crippen LogP contribution in [0.1, 0.15) is 25.8 Å². The van der Waals surface area contributed by atoms with E-state index in [1.54, 1.807) is 6.07 Å². The summed E-state index contributed by atoms with van der Waals surface area (Å²) >= 11 is 0. The van der Waals surface area contributed by atoms with E-state index < -0.39 is 0 Å². The second-order valence-corrected chi connectivity index (χ2v) is 4.44. The first-order valence-corrected chi connectivity index (χ1v) is 5.63. The van der Waals surface area contributed by atoms with E-state index >= 15 is 0 Å². The number of amides is 2. The van der Waals surface area contributed by atoms with Gasteiger partial charge in [-0.25, -0.2) is 0 Å². The highest BCUT2D eigenvalue weighted by Crippen LogP contribution is 2.20. The smallest absolute Gasteiger partial charge is 0.224 e. The number of nitrogens with one attached hydrogen (secondary N) is 2. The number of hydrogen-bond acceptors (Lipinski definition) is 2. The Morgan fingerprint density at radius 3 is 2.71 bits per heavy atom. The second kappa shape index (κ2) is 6.03. The van der Waals surface area contributed by atoms with Crippen molar-refractivity contribution in [1.82, 2.24) is 0 Å². The number of carbonyl (C=O) groups excluding carboxylic acids is 2. The molecule has 0 bridgehead atoms. The Bertz CT molecular complexity index is 414. The van der Waals surface area contributed by atoms with Crippen LogP contribution in [-0.4, -0.2) is 12.3 Å². The molecule has 1 aromatic rings. The lowest BCUT2D eigenvalue weighted by Crippen LogP contribution is -2.14. The summed E-state index contributed by atoms with van der Waals surface area (Å²) < 4.78 is 0. The molecule has 2 N–H and O–H groups in total. The molecule has 17 heavy (non-hydrogen) atoms. The molecule has 1 rings (SSSR count). The van der Waals surface area contributed by atoms with E-state index in [4.69, 9.17) is 0 Å². The van der Waals surface area contributed by atoms with Crippen LogP contribution in [0.5, 0.6) is 0 Å². The molecule has 4 heteroatoms. The molecule has 0 spiro atoms. The molecule has 0 heterocycles. The van der Waals surface area contributed by atoms with Crippen LogP contribution in [0.3, 0.4) is 0 Å². The fourth-order valence-corrected chi connectivity index (χ4v) is 1.50. The van der Waals surface area contributed by atoms with E-state index in [-0.39, 0.29) is 5.91 Å². The minimum absolute atomic E-state index is 0.0130. The normalized spacial score (nSPS) is 10.1. The van der Waals surface area contributed by atoms with Gasteiger partial charge in [0.2, 0.25) is 12.3 Å². The average Bonchev–Trinajstić information content (AvgIpc) is 2.22. The first-order chi connectivity index (χ1) is 8.02. The lowest BCUT2D eigenvalue weighted by atomic mass is 10.1. The second-order valence-electron chi connectivity index (χ2n) is 4.44. The van der Waals surface area contributed by atoms with Gasteiger partial charge in [-0.1, -0.05) is 19.9 Å². The maximum atomic E-state index is 11.6. The minimum Gasteiger partial charge on any atom is -0.328 e. The van der Waals surface area contributed by atoms with E-state index in [9.17, 15) is 9.59 Å². The van der Waals surface area contributed by atoms with Crippen LogP contribution in [0, 0.1) is 12.8 Å². The Kier molecular flexibility index (Phi) is 4.69. The van der Waals surface area contributed by atoms with Gasteiger partial charge in [0.1, 0.15) is 0 Å². The van der Waals surface area contributed by atoms with Gasteiger partial charge in [0.05, 0.1) is 0 Å². The van der Waals surface area contributed by atoms with Crippen LogP contribution in [0.25, 0.3) is 0 Å². The predicted octanol–water partition coefficient (Wildman–Crippen LogP) is 2.55. The molecule has 0 aliphatic heterocycles. The molecule has 0 radical (unpaired) electrons. The van der Waals surface area contributed by atoms with Crippen LogP contribution in [0.15, 0.2) is 18.2 Å². The highest BCUT2D eigenvalue weighted by atomic mass is 16.1. The molecule has 0 aromatic heterocycles. The molecular weight excluding hydrogens is 216 g/mol. The van der Waals surface area contributed by atoms with Crippen LogP contribution in [0.2, 0.25) is 0 Å². The molecular formula is C13H18N2O2. The Balaban J connectivity index is 2.75. The molecule has 0 aliphatic rings. The summed E-state index contributed by atoms with van der Waals surface area (Å²) in [5, 5.41) is 5.40. The Labute approximate surface area is 101 Å². The van der Waals surface area contributed by atoms with Gasteiger partial charge in [-0.2, -0.15) is 0 Å².